The van der Waals surface area contributed by atoms with Crippen LogP contribution < -0.4 is 14.8 Å². The third-order valence-corrected chi connectivity index (χ3v) is 4.90. The molecule has 1 N–H and O–H groups in total. The summed E-state index contributed by atoms with van der Waals surface area (Å²) >= 11 is 0. The van der Waals surface area contributed by atoms with Crippen molar-refractivity contribution in [2.45, 2.75) is 39.8 Å². The quantitative estimate of drug-likeness (QED) is 0.620. The molecule has 0 spiro atoms. The highest BCUT2D eigenvalue weighted by Gasteiger charge is 2.19. The first-order chi connectivity index (χ1) is 13.6. The Balaban J connectivity index is 2.09. The molecular formula is C23H28N2O3. The molecule has 0 saturated heterocycles. The van der Waals surface area contributed by atoms with Gasteiger partial charge in [-0.3, -0.25) is 4.79 Å². The predicted molar refractivity (Wildman–Crippen MR) is 112 cm³/mol. The highest BCUT2D eigenvalue weighted by atomic mass is 16.5. The van der Waals surface area contributed by atoms with Crippen molar-refractivity contribution in [1.82, 2.24) is 9.88 Å². The van der Waals surface area contributed by atoms with Gasteiger partial charge in [0.1, 0.15) is 17.2 Å². The number of fused-ring (bicyclic) bond motifs is 1. The summed E-state index contributed by atoms with van der Waals surface area (Å²) in [4.78, 5) is 13.0. The molecule has 148 valence electrons. The number of nitrogens with one attached hydrogen (secondary N) is 1. The average Bonchev–Trinajstić information content (AvgIpc) is 3.08. The Hall–Kier alpha value is -2.95. The lowest BCUT2D eigenvalue weighted by molar-refractivity contribution is 0.0931. The average molecular weight is 380 g/mol. The fourth-order valence-electron chi connectivity index (χ4n) is 3.25. The number of hydrogen-bond acceptors (Lipinski definition) is 3. The molecule has 0 aliphatic rings. The fourth-order valence-corrected chi connectivity index (χ4v) is 3.25. The van der Waals surface area contributed by atoms with Gasteiger partial charge in [0.05, 0.1) is 19.2 Å². The van der Waals surface area contributed by atoms with E-state index in [1.807, 2.05) is 66.9 Å². The zero-order valence-corrected chi connectivity index (χ0v) is 17.0. The summed E-state index contributed by atoms with van der Waals surface area (Å²) in [5, 5.41) is 4.03. The van der Waals surface area contributed by atoms with Gasteiger partial charge in [0.25, 0.3) is 5.91 Å². The summed E-state index contributed by atoms with van der Waals surface area (Å²) < 4.78 is 13.2. The van der Waals surface area contributed by atoms with Crippen LogP contribution in [0.4, 0.5) is 0 Å². The van der Waals surface area contributed by atoms with E-state index in [0.29, 0.717) is 18.8 Å². The Morgan fingerprint density at radius 2 is 1.93 bits per heavy atom. The second kappa shape index (κ2) is 8.83. The molecule has 0 fully saturated rings. The molecule has 0 saturated carbocycles. The topological polar surface area (TPSA) is 52.5 Å². The van der Waals surface area contributed by atoms with Gasteiger partial charge in [-0.05, 0) is 56.2 Å². The number of carbonyl (C=O) groups is 1. The maximum atomic E-state index is 13.0. The van der Waals surface area contributed by atoms with Crippen LogP contribution in [0.15, 0.2) is 48.5 Å². The van der Waals surface area contributed by atoms with Crippen LogP contribution in [0.25, 0.3) is 10.9 Å². The predicted octanol–water partition coefficient (Wildman–Crippen LogP) is 4.63. The van der Waals surface area contributed by atoms with Gasteiger partial charge in [-0.25, -0.2) is 0 Å². The Kier molecular flexibility index (Phi) is 6.24. The van der Waals surface area contributed by atoms with Gasteiger partial charge in [0.2, 0.25) is 0 Å². The summed E-state index contributed by atoms with van der Waals surface area (Å²) in [6.07, 6.45) is 0.881. The molecular weight excluding hydrogens is 352 g/mol. The van der Waals surface area contributed by atoms with E-state index < -0.39 is 0 Å². The van der Waals surface area contributed by atoms with Crippen molar-refractivity contribution in [2.24, 2.45) is 0 Å². The normalized spacial score (nSPS) is 12.0. The fraction of sp³-hybridized carbons (Fsp3) is 0.348. The molecule has 0 unspecified atom stereocenters. The van der Waals surface area contributed by atoms with E-state index in [1.165, 1.54) is 0 Å². The molecule has 5 heteroatoms. The molecule has 5 nitrogen and oxygen atoms in total. The maximum Gasteiger partial charge on any atom is 0.268 e. The van der Waals surface area contributed by atoms with Crippen molar-refractivity contribution in [2.75, 3.05) is 13.7 Å². The zero-order valence-electron chi connectivity index (χ0n) is 17.0. The van der Waals surface area contributed by atoms with Crippen molar-refractivity contribution in [1.29, 1.82) is 0 Å². The van der Waals surface area contributed by atoms with Gasteiger partial charge in [-0.2, -0.15) is 0 Å². The number of nitrogens with zero attached hydrogens (tertiary/aromatic N) is 1. The second-order valence-corrected chi connectivity index (χ2v) is 6.87. The summed E-state index contributed by atoms with van der Waals surface area (Å²) in [5.41, 5.74) is 2.67. The van der Waals surface area contributed by atoms with E-state index in [2.05, 4.69) is 12.2 Å². The van der Waals surface area contributed by atoms with Gasteiger partial charge in [0.15, 0.2) is 0 Å². The van der Waals surface area contributed by atoms with E-state index in [-0.39, 0.29) is 11.9 Å². The first kappa shape index (κ1) is 19.8. The van der Waals surface area contributed by atoms with E-state index in [9.17, 15) is 4.79 Å². The van der Waals surface area contributed by atoms with Crippen molar-refractivity contribution < 1.29 is 14.3 Å². The van der Waals surface area contributed by atoms with Crippen LogP contribution in [0.5, 0.6) is 11.5 Å². The Morgan fingerprint density at radius 3 is 2.64 bits per heavy atom. The zero-order chi connectivity index (χ0) is 20.1. The lowest BCUT2D eigenvalue weighted by Crippen LogP contribution is -2.33. The number of amides is 1. The third-order valence-electron chi connectivity index (χ3n) is 4.90. The molecule has 0 aliphatic carbocycles. The monoisotopic (exact) mass is 380 g/mol. The number of carbonyl (C=O) groups excluding carboxylic acids is 1. The summed E-state index contributed by atoms with van der Waals surface area (Å²) in [7, 11) is 1.66. The highest BCUT2D eigenvalue weighted by molar-refractivity contribution is 6.00. The molecule has 1 aromatic heterocycles. The number of methoxy groups -OCH3 is 1. The van der Waals surface area contributed by atoms with Crippen LogP contribution in [0.1, 0.15) is 43.2 Å². The molecule has 1 heterocycles. The van der Waals surface area contributed by atoms with Gasteiger partial charge in [0, 0.05) is 18.0 Å². The molecule has 0 aliphatic heterocycles. The van der Waals surface area contributed by atoms with E-state index in [1.54, 1.807) is 7.11 Å². The Labute approximate surface area is 166 Å². The minimum Gasteiger partial charge on any atom is -0.497 e. The number of ether oxygens (including phenoxy) is 2. The van der Waals surface area contributed by atoms with Crippen molar-refractivity contribution in [3.8, 4) is 11.5 Å². The largest absolute Gasteiger partial charge is 0.497 e. The maximum absolute atomic E-state index is 13.0. The standard InChI is InChI=1S/C23H28N2O3/c1-5-16(3)24-23(26)21-14-19-20(11-8-12-22(19)28-6-2)25(21)15-17-9-7-10-18(13-17)27-4/h7-14,16H,5-6,15H2,1-4H3,(H,24,26)/t16-/m1/s1. The molecule has 0 bridgehead atoms. The van der Waals surface area contributed by atoms with Crippen LogP contribution in [0.3, 0.4) is 0 Å². The van der Waals surface area contributed by atoms with Crippen LogP contribution in [0, 0.1) is 0 Å². The van der Waals surface area contributed by atoms with E-state index in [4.69, 9.17) is 9.47 Å². The SMILES string of the molecule is CCOc1cccc2c1cc(C(=O)N[C@H](C)CC)n2Cc1cccc(OC)c1. The summed E-state index contributed by atoms with van der Waals surface area (Å²) in [5.74, 6) is 1.52. The lowest BCUT2D eigenvalue weighted by atomic mass is 10.2. The smallest absolute Gasteiger partial charge is 0.268 e. The van der Waals surface area contributed by atoms with Crippen molar-refractivity contribution in [3.05, 3.63) is 59.8 Å². The number of benzene rings is 2. The Morgan fingerprint density at radius 1 is 1.14 bits per heavy atom. The Bertz CT molecular complexity index is 962. The molecule has 1 amide bonds. The first-order valence-corrected chi connectivity index (χ1v) is 9.76. The summed E-state index contributed by atoms with van der Waals surface area (Å²) in [6, 6.07) is 15.9. The van der Waals surface area contributed by atoms with Crippen LogP contribution >= 0.6 is 0 Å². The summed E-state index contributed by atoms with van der Waals surface area (Å²) in [6.45, 7) is 7.18. The lowest BCUT2D eigenvalue weighted by Gasteiger charge is -2.15. The van der Waals surface area contributed by atoms with E-state index >= 15 is 0 Å². The number of rotatable bonds is 8. The van der Waals surface area contributed by atoms with Gasteiger partial charge in [-0.1, -0.05) is 25.1 Å². The molecule has 2 aromatic carbocycles. The van der Waals surface area contributed by atoms with Crippen LogP contribution in [0.2, 0.25) is 0 Å². The minimum absolute atomic E-state index is 0.0732. The van der Waals surface area contributed by atoms with Gasteiger partial charge in [-0.15, -0.1) is 0 Å². The molecule has 28 heavy (non-hydrogen) atoms. The second-order valence-electron chi connectivity index (χ2n) is 6.87. The first-order valence-electron chi connectivity index (χ1n) is 9.76. The van der Waals surface area contributed by atoms with E-state index in [0.717, 1.165) is 34.4 Å². The number of hydrogen-bond donors (Lipinski definition) is 1. The molecule has 1 atom stereocenters. The number of aromatic nitrogens is 1. The van der Waals surface area contributed by atoms with Crippen molar-refractivity contribution in [3.63, 3.8) is 0 Å². The van der Waals surface area contributed by atoms with Crippen molar-refractivity contribution >= 4 is 16.8 Å². The molecule has 3 rings (SSSR count). The molecule has 3 aromatic rings. The third kappa shape index (κ3) is 4.14. The van der Waals surface area contributed by atoms with Gasteiger partial charge < -0.3 is 19.4 Å². The van der Waals surface area contributed by atoms with Gasteiger partial charge >= 0.3 is 0 Å². The van der Waals surface area contributed by atoms with Crippen LogP contribution in [-0.4, -0.2) is 30.2 Å². The minimum atomic E-state index is -0.0732. The molecule has 0 radical (unpaired) electrons. The van der Waals surface area contributed by atoms with Crippen LogP contribution in [-0.2, 0) is 6.54 Å². The highest BCUT2D eigenvalue weighted by Crippen LogP contribution is 2.30.